The van der Waals surface area contributed by atoms with Crippen LogP contribution in [-0.2, 0) is 20.9 Å². The molecule has 4 aliphatic rings. The molecule has 1 unspecified atom stereocenters. The van der Waals surface area contributed by atoms with Crippen LogP contribution in [0.5, 0.6) is 0 Å². The topological polar surface area (TPSA) is 114 Å². The lowest BCUT2D eigenvalue weighted by molar-refractivity contribution is -0.136. The standard InChI is InChI=1S/C27H38N4O4/c28-19-9-7-18(8-10-19)22(11-6-17-3-2-14-35-16-17)29-23-5-1-4-20-21(23)15-31(27(20)34)24-12-13-25(32)30-26(24)33/h1,4-5,17-19,22,24,29H,2-3,6-16,28H2,(H,30,32,33)/t17-,18?,19?,22+,24?/m0/s1. The molecule has 3 fully saturated rings. The zero-order valence-corrected chi connectivity index (χ0v) is 20.5. The molecule has 0 aromatic heterocycles. The lowest BCUT2D eigenvalue weighted by Gasteiger charge is -2.35. The minimum Gasteiger partial charge on any atom is -0.382 e. The number of nitrogens with zero attached hydrogens (tertiary/aromatic N) is 1. The summed E-state index contributed by atoms with van der Waals surface area (Å²) in [6.07, 6.45) is 9.59. The van der Waals surface area contributed by atoms with Gasteiger partial charge in [0.1, 0.15) is 6.04 Å². The molecular formula is C27H38N4O4. The van der Waals surface area contributed by atoms with E-state index in [1.165, 1.54) is 6.42 Å². The number of nitrogens with two attached hydrogens (primary N) is 1. The van der Waals surface area contributed by atoms with Crippen LogP contribution in [0.4, 0.5) is 5.69 Å². The number of rotatable bonds is 7. The highest BCUT2D eigenvalue weighted by atomic mass is 16.5. The Morgan fingerprint density at radius 3 is 2.69 bits per heavy atom. The van der Waals surface area contributed by atoms with Crippen LogP contribution in [0.3, 0.4) is 0 Å². The smallest absolute Gasteiger partial charge is 0.255 e. The minimum atomic E-state index is -0.595. The molecule has 1 saturated carbocycles. The van der Waals surface area contributed by atoms with Gasteiger partial charge in [0.2, 0.25) is 11.8 Å². The largest absolute Gasteiger partial charge is 0.382 e. The van der Waals surface area contributed by atoms with Gasteiger partial charge in [-0.1, -0.05) is 6.07 Å². The van der Waals surface area contributed by atoms with E-state index in [1.54, 1.807) is 4.90 Å². The molecule has 0 radical (unpaired) electrons. The number of ether oxygens (including phenoxy) is 1. The number of nitrogens with one attached hydrogen (secondary N) is 2. The van der Waals surface area contributed by atoms with Gasteiger partial charge >= 0.3 is 0 Å². The Balaban J connectivity index is 1.32. The van der Waals surface area contributed by atoms with Gasteiger partial charge < -0.3 is 20.7 Å². The van der Waals surface area contributed by atoms with E-state index in [0.717, 1.165) is 69.4 Å². The summed E-state index contributed by atoms with van der Waals surface area (Å²) in [5.74, 6) is 0.403. The van der Waals surface area contributed by atoms with Gasteiger partial charge in [-0.05, 0) is 81.8 Å². The fourth-order valence-corrected chi connectivity index (χ4v) is 6.34. The molecule has 1 aromatic carbocycles. The Morgan fingerprint density at radius 1 is 1.11 bits per heavy atom. The van der Waals surface area contributed by atoms with Gasteiger partial charge in [0, 0.05) is 55.1 Å². The molecule has 2 saturated heterocycles. The number of benzene rings is 1. The van der Waals surface area contributed by atoms with Crippen molar-refractivity contribution in [1.29, 1.82) is 0 Å². The second kappa shape index (κ2) is 10.7. The van der Waals surface area contributed by atoms with Crippen molar-refractivity contribution in [2.75, 3.05) is 18.5 Å². The van der Waals surface area contributed by atoms with Crippen LogP contribution in [-0.4, -0.2) is 54.0 Å². The predicted molar refractivity (Wildman–Crippen MR) is 133 cm³/mol. The van der Waals surface area contributed by atoms with Crippen molar-refractivity contribution in [1.82, 2.24) is 10.2 Å². The van der Waals surface area contributed by atoms with E-state index in [0.29, 0.717) is 42.4 Å². The first-order chi connectivity index (χ1) is 17.0. The van der Waals surface area contributed by atoms with E-state index >= 15 is 0 Å². The highest BCUT2D eigenvalue weighted by Gasteiger charge is 2.40. The van der Waals surface area contributed by atoms with Crippen LogP contribution in [0, 0.1) is 11.8 Å². The Bertz CT molecular complexity index is 952. The van der Waals surface area contributed by atoms with Crippen molar-refractivity contribution in [3.05, 3.63) is 29.3 Å². The zero-order chi connectivity index (χ0) is 24.4. The summed E-state index contributed by atoms with van der Waals surface area (Å²) in [6, 6.07) is 5.86. The van der Waals surface area contributed by atoms with Gasteiger partial charge in [-0.3, -0.25) is 19.7 Å². The van der Waals surface area contributed by atoms with Gasteiger partial charge in [0.15, 0.2) is 0 Å². The quantitative estimate of drug-likeness (QED) is 0.515. The molecule has 190 valence electrons. The molecule has 35 heavy (non-hydrogen) atoms. The summed E-state index contributed by atoms with van der Waals surface area (Å²) < 4.78 is 5.72. The minimum absolute atomic E-state index is 0.127. The number of imide groups is 1. The fraction of sp³-hybridized carbons (Fsp3) is 0.667. The van der Waals surface area contributed by atoms with Crippen molar-refractivity contribution >= 4 is 23.4 Å². The van der Waals surface area contributed by atoms with Gasteiger partial charge in [0.05, 0.1) is 0 Å². The first-order valence-corrected chi connectivity index (χ1v) is 13.4. The summed E-state index contributed by atoms with van der Waals surface area (Å²) in [4.78, 5) is 38.9. The summed E-state index contributed by atoms with van der Waals surface area (Å²) in [5.41, 5.74) is 8.81. The van der Waals surface area contributed by atoms with E-state index < -0.39 is 6.04 Å². The van der Waals surface area contributed by atoms with Crippen LogP contribution >= 0.6 is 0 Å². The maximum Gasteiger partial charge on any atom is 0.255 e. The molecule has 1 aliphatic carbocycles. The van der Waals surface area contributed by atoms with Gasteiger partial charge in [-0.2, -0.15) is 0 Å². The normalized spacial score (nSPS) is 30.1. The summed E-state index contributed by atoms with van der Waals surface area (Å²) in [6.45, 7) is 2.13. The highest BCUT2D eigenvalue weighted by Crippen LogP contribution is 2.36. The van der Waals surface area contributed by atoms with Crippen molar-refractivity contribution in [2.45, 2.75) is 88.9 Å². The molecule has 8 nitrogen and oxygen atoms in total. The van der Waals surface area contributed by atoms with E-state index in [1.807, 2.05) is 12.1 Å². The summed E-state index contributed by atoms with van der Waals surface area (Å²) in [5, 5.41) is 6.24. The van der Waals surface area contributed by atoms with Crippen LogP contribution in [0.2, 0.25) is 0 Å². The molecular weight excluding hydrogens is 444 g/mol. The summed E-state index contributed by atoms with van der Waals surface area (Å²) in [7, 11) is 0. The van der Waals surface area contributed by atoms with E-state index in [9.17, 15) is 14.4 Å². The number of carbonyl (C=O) groups excluding carboxylic acids is 3. The van der Waals surface area contributed by atoms with Crippen molar-refractivity contribution in [3.63, 3.8) is 0 Å². The van der Waals surface area contributed by atoms with Crippen LogP contribution in [0.1, 0.15) is 80.1 Å². The Kier molecular flexibility index (Phi) is 7.39. The van der Waals surface area contributed by atoms with Crippen LogP contribution < -0.4 is 16.4 Å². The van der Waals surface area contributed by atoms with E-state index in [4.69, 9.17) is 10.5 Å². The highest BCUT2D eigenvalue weighted by molar-refractivity contribution is 6.06. The predicted octanol–water partition coefficient (Wildman–Crippen LogP) is 2.95. The zero-order valence-electron chi connectivity index (χ0n) is 20.5. The maximum absolute atomic E-state index is 13.2. The van der Waals surface area contributed by atoms with Crippen molar-refractivity contribution in [3.8, 4) is 0 Å². The number of anilines is 1. The van der Waals surface area contributed by atoms with Gasteiger partial charge in [-0.25, -0.2) is 0 Å². The van der Waals surface area contributed by atoms with Crippen LogP contribution in [0.15, 0.2) is 18.2 Å². The van der Waals surface area contributed by atoms with Crippen molar-refractivity contribution in [2.24, 2.45) is 17.6 Å². The second-order valence-electron chi connectivity index (χ2n) is 10.8. The van der Waals surface area contributed by atoms with E-state index in [2.05, 4.69) is 16.7 Å². The molecule has 0 spiro atoms. The molecule has 1 aromatic rings. The Morgan fingerprint density at radius 2 is 1.94 bits per heavy atom. The summed E-state index contributed by atoms with van der Waals surface area (Å²) >= 11 is 0. The Labute approximate surface area is 207 Å². The number of piperidine rings is 1. The monoisotopic (exact) mass is 482 g/mol. The molecule has 3 amide bonds. The fourth-order valence-electron chi connectivity index (χ4n) is 6.34. The number of amides is 3. The second-order valence-corrected chi connectivity index (χ2v) is 10.8. The average molecular weight is 483 g/mol. The third kappa shape index (κ3) is 5.38. The molecule has 8 heteroatoms. The van der Waals surface area contributed by atoms with Gasteiger partial charge in [-0.15, -0.1) is 0 Å². The third-order valence-corrected chi connectivity index (χ3v) is 8.45. The lowest BCUT2D eigenvalue weighted by Crippen LogP contribution is -2.52. The average Bonchev–Trinajstić information content (AvgIpc) is 3.20. The number of hydrogen-bond donors (Lipinski definition) is 3. The number of carbonyl (C=O) groups is 3. The molecule has 3 atom stereocenters. The molecule has 0 bridgehead atoms. The van der Waals surface area contributed by atoms with E-state index in [-0.39, 0.29) is 24.1 Å². The third-order valence-electron chi connectivity index (χ3n) is 8.45. The number of hydrogen-bond acceptors (Lipinski definition) is 6. The van der Waals surface area contributed by atoms with Crippen molar-refractivity contribution < 1.29 is 19.1 Å². The molecule has 3 aliphatic heterocycles. The van der Waals surface area contributed by atoms with Crippen LogP contribution in [0.25, 0.3) is 0 Å². The number of fused-ring (bicyclic) bond motifs is 1. The Hall–Kier alpha value is -2.45. The molecule has 4 N–H and O–H groups in total. The molecule has 5 rings (SSSR count). The maximum atomic E-state index is 13.2. The van der Waals surface area contributed by atoms with Gasteiger partial charge in [0.25, 0.3) is 5.91 Å². The first-order valence-electron chi connectivity index (χ1n) is 13.4. The lowest BCUT2D eigenvalue weighted by atomic mass is 9.79. The first kappa shape index (κ1) is 24.3. The molecule has 3 heterocycles. The SMILES string of the molecule is NC1CCC([C@@H](CC[C@@H]2CCCOC2)Nc2cccc3c2CN(C2CCC(=O)NC2=O)C3=O)CC1.